The summed E-state index contributed by atoms with van der Waals surface area (Å²) in [6.07, 6.45) is 3.44. The highest BCUT2D eigenvalue weighted by Crippen LogP contribution is 2.34. The molecule has 1 saturated heterocycles. The van der Waals surface area contributed by atoms with Crippen LogP contribution in [0.1, 0.15) is 5.69 Å². The third kappa shape index (κ3) is 4.16. The SMILES string of the molecule is CN1CC(CNC(=O)Nc2nc(-c3ccn(C)n3)c(-c3cc(Cl)c4[nH]ncc4c3)nc2C#N)C1. The van der Waals surface area contributed by atoms with Crippen molar-refractivity contribution in [1.29, 1.82) is 5.26 Å². The monoisotopic (exact) mass is 476 g/mol. The number of aromatic nitrogens is 6. The van der Waals surface area contributed by atoms with E-state index in [1.165, 1.54) is 0 Å². The molecule has 1 aliphatic heterocycles. The van der Waals surface area contributed by atoms with Gasteiger partial charge < -0.3 is 10.2 Å². The Morgan fingerprint density at radius 2 is 2.12 bits per heavy atom. The Bertz CT molecular complexity index is 1430. The molecule has 12 heteroatoms. The maximum Gasteiger partial charge on any atom is 0.320 e. The van der Waals surface area contributed by atoms with Crippen molar-refractivity contribution in [3.05, 3.63) is 41.3 Å². The second-order valence-electron chi connectivity index (χ2n) is 8.32. The molecular formula is C22H21ClN10O. The lowest BCUT2D eigenvalue weighted by atomic mass is 10.0. The molecule has 5 rings (SSSR count). The van der Waals surface area contributed by atoms with Crippen LogP contribution in [0.3, 0.4) is 0 Å². The predicted octanol–water partition coefficient (Wildman–Crippen LogP) is 2.63. The maximum absolute atomic E-state index is 12.5. The molecule has 2 amide bonds. The molecule has 1 aliphatic rings. The average Bonchev–Trinajstić information content (AvgIpc) is 3.45. The second-order valence-corrected chi connectivity index (χ2v) is 8.73. The number of nitrogens with one attached hydrogen (secondary N) is 3. The Balaban J connectivity index is 1.53. The molecule has 0 aliphatic carbocycles. The van der Waals surface area contributed by atoms with E-state index in [0.29, 0.717) is 45.6 Å². The van der Waals surface area contributed by atoms with Crippen LogP contribution in [-0.4, -0.2) is 67.6 Å². The number of nitriles is 1. The average molecular weight is 477 g/mol. The number of aromatic amines is 1. The fourth-order valence-electron chi connectivity index (χ4n) is 4.02. The summed E-state index contributed by atoms with van der Waals surface area (Å²) in [4.78, 5) is 23.8. The molecule has 0 radical (unpaired) electrons. The van der Waals surface area contributed by atoms with Gasteiger partial charge in [0, 0.05) is 49.7 Å². The van der Waals surface area contributed by atoms with Gasteiger partial charge in [0.15, 0.2) is 11.5 Å². The van der Waals surface area contributed by atoms with Crippen LogP contribution in [0.15, 0.2) is 30.6 Å². The summed E-state index contributed by atoms with van der Waals surface area (Å²) in [5.74, 6) is 0.469. The van der Waals surface area contributed by atoms with Crippen molar-refractivity contribution >= 4 is 34.4 Å². The molecule has 3 N–H and O–H groups in total. The smallest absolute Gasteiger partial charge is 0.320 e. The number of rotatable bonds is 5. The number of nitrogens with zero attached hydrogens (tertiary/aromatic N) is 7. The summed E-state index contributed by atoms with van der Waals surface area (Å²) >= 11 is 6.44. The van der Waals surface area contributed by atoms with E-state index in [4.69, 9.17) is 11.6 Å². The first kappa shape index (κ1) is 21.8. The largest absolute Gasteiger partial charge is 0.337 e. The van der Waals surface area contributed by atoms with Gasteiger partial charge in [0.1, 0.15) is 23.2 Å². The quantitative estimate of drug-likeness (QED) is 0.402. The summed E-state index contributed by atoms with van der Waals surface area (Å²) < 4.78 is 1.64. The third-order valence-electron chi connectivity index (χ3n) is 5.66. The number of amides is 2. The molecule has 0 atom stereocenters. The number of carbonyl (C=O) groups is 1. The highest BCUT2D eigenvalue weighted by Gasteiger charge is 2.24. The lowest BCUT2D eigenvalue weighted by Gasteiger charge is -2.36. The van der Waals surface area contributed by atoms with E-state index in [1.807, 2.05) is 19.2 Å². The Morgan fingerprint density at radius 1 is 1.29 bits per heavy atom. The van der Waals surface area contributed by atoms with E-state index in [-0.39, 0.29) is 11.5 Å². The van der Waals surface area contributed by atoms with Crippen molar-refractivity contribution in [2.24, 2.45) is 13.0 Å². The molecule has 3 aromatic heterocycles. The number of benzene rings is 1. The van der Waals surface area contributed by atoms with E-state index in [1.54, 1.807) is 36.3 Å². The number of halogens is 1. The van der Waals surface area contributed by atoms with Crippen molar-refractivity contribution in [1.82, 2.24) is 40.2 Å². The van der Waals surface area contributed by atoms with Gasteiger partial charge in [-0.25, -0.2) is 14.8 Å². The zero-order valence-electron chi connectivity index (χ0n) is 18.5. The molecule has 0 unspecified atom stereocenters. The summed E-state index contributed by atoms with van der Waals surface area (Å²) in [5, 5.41) is 27.9. The Kier molecular flexibility index (Phi) is 5.61. The van der Waals surface area contributed by atoms with Gasteiger partial charge in [0.25, 0.3) is 0 Å². The van der Waals surface area contributed by atoms with E-state index < -0.39 is 6.03 Å². The number of fused-ring (bicyclic) bond motifs is 1. The molecule has 1 fully saturated rings. The van der Waals surface area contributed by atoms with Crippen molar-refractivity contribution in [2.75, 3.05) is 32.0 Å². The Labute approximate surface area is 199 Å². The van der Waals surface area contributed by atoms with Crippen LogP contribution in [0.5, 0.6) is 0 Å². The van der Waals surface area contributed by atoms with Crippen LogP contribution in [0, 0.1) is 17.2 Å². The van der Waals surface area contributed by atoms with Gasteiger partial charge in [0.2, 0.25) is 0 Å². The maximum atomic E-state index is 12.5. The molecule has 4 heterocycles. The van der Waals surface area contributed by atoms with E-state index >= 15 is 0 Å². The first-order valence-electron chi connectivity index (χ1n) is 10.6. The molecular weight excluding hydrogens is 456 g/mol. The highest BCUT2D eigenvalue weighted by atomic mass is 35.5. The van der Waals surface area contributed by atoms with Gasteiger partial charge in [-0.1, -0.05) is 11.6 Å². The summed E-state index contributed by atoms with van der Waals surface area (Å²) in [7, 11) is 3.82. The molecule has 172 valence electrons. The zero-order chi connectivity index (χ0) is 23.8. The lowest BCUT2D eigenvalue weighted by Crippen LogP contribution is -2.49. The van der Waals surface area contributed by atoms with E-state index in [0.717, 1.165) is 18.5 Å². The summed E-state index contributed by atoms with van der Waals surface area (Å²) in [5.41, 5.74) is 2.70. The molecule has 0 saturated carbocycles. The predicted molar refractivity (Wildman–Crippen MR) is 127 cm³/mol. The second kappa shape index (κ2) is 8.74. The molecule has 0 bridgehead atoms. The number of hydrogen-bond acceptors (Lipinski definition) is 7. The molecule has 1 aromatic carbocycles. The number of carbonyl (C=O) groups excluding carboxylic acids is 1. The molecule has 11 nitrogen and oxygen atoms in total. The van der Waals surface area contributed by atoms with Gasteiger partial charge in [-0.3, -0.25) is 15.1 Å². The van der Waals surface area contributed by atoms with Crippen molar-refractivity contribution < 1.29 is 4.79 Å². The minimum absolute atomic E-state index is 0.0170. The van der Waals surface area contributed by atoms with Crippen molar-refractivity contribution in [3.63, 3.8) is 0 Å². The van der Waals surface area contributed by atoms with Crippen LogP contribution in [0.2, 0.25) is 5.02 Å². The first-order chi connectivity index (χ1) is 16.4. The minimum atomic E-state index is -0.442. The number of H-pyrrole nitrogens is 1. The zero-order valence-corrected chi connectivity index (χ0v) is 19.3. The normalized spacial score (nSPS) is 14.1. The fraction of sp³-hybridized carbons (Fsp3) is 0.273. The van der Waals surface area contributed by atoms with Crippen LogP contribution in [0.4, 0.5) is 10.6 Å². The van der Waals surface area contributed by atoms with E-state index in [9.17, 15) is 10.1 Å². The molecule has 0 spiro atoms. The van der Waals surface area contributed by atoms with Crippen LogP contribution in [0.25, 0.3) is 33.5 Å². The minimum Gasteiger partial charge on any atom is -0.337 e. The van der Waals surface area contributed by atoms with Crippen LogP contribution < -0.4 is 10.6 Å². The van der Waals surface area contributed by atoms with Crippen LogP contribution in [-0.2, 0) is 7.05 Å². The fourth-order valence-corrected chi connectivity index (χ4v) is 4.29. The number of likely N-dealkylation sites (tertiary alicyclic amines) is 1. The highest BCUT2D eigenvalue weighted by molar-refractivity contribution is 6.35. The number of anilines is 1. The standard InChI is InChI=1S/C22H21ClN10O/c1-32-10-12(11-32)8-25-22(34)29-21-17(7-24)27-19(20(28-21)16-3-4-33(2)31-16)13-5-14-9-26-30-18(14)15(23)6-13/h3-6,9,12H,8,10-11H2,1-2H3,(H,26,30)(H2,25,28,29,34). The van der Waals surface area contributed by atoms with Crippen molar-refractivity contribution in [2.45, 2.75) is 0 Å². The van der Waals surface area contributed by atoms with E-state index in [2.05, 4.69) is 40.8 Å². The van der Waals surface area contributed by atoms with Gasteiger partial charge >= 0.3 is 6.03 Å². The Hall–Kier alpha value is -4.01. The summed E-state index contributed by atoms with van der Waals surface area (Å²) in [6, 6.07) is 6.97. The Morgan fingerprint density at radius 3 is 2.82 bits per heavy atom. The lowest BCUT2D eigenvalue weighted by molar-refractivity contribution is 0.134. The molecule has 4 aromatic rings. The third-order valence-corrected chi connectivity index (χ3v) is 5.95. The summed E-state index contributed by atoms with van der Waals surface area (Å²) in [6.45, 7) is 2.41. The van der Waals surface area contributed by atoms with Crippen LogP contribution >= 0.6 is 11.6 Å². The number of aryl methyl sites for hydroxylation is 1. The van der Waals surface area contributed by atoms with Gasteiger partial charge in [-0.2, -0.15) is 15.5 Å². The van der Waals surface area contributed by atoms with Gasteiger partial charge in [-0.15, -0.1) is 0 Å². The number of urea groups is 1. The van der Waals surface area contributed by atoms with Gasteiger partial charge in [0.05, 0.1) is 16.7 Å². The molecule has 34 heavy (non-hydrogen) atoms. The topological polar surface area (TPSA) is 140 Å². The number of hydrogen-bond donors (Lipinski definition) is 3. The van der Waals surface area contributed by atoms with Gasteiger partial charge in [-0.05, 0) is 25.2 Å². The van der Waals surface area contributed by atoms with Crippen molar-refractivity contribution in [3.8, 4) is 28.7 Å². The first-order valence-corrected chi connectivity index (χ1v) is 11.0.